The van der Waals surface area contributed by atoms with Crippen molar-refractivity contribution < 1.29 is 14.7 Å². The lowest BCUT2D eigenvalue weighted by molar-refractivity contribution is -0.132. The van der Waals surface area contributed by atoms with E-state index in [0.717, 1.165) is 10.2 Å². The van der Waals surface area contributed by atoms with Gasteiger partial charge in [-0.2, -0.15) is 0 Å². The Bertz CT molecular complexity index is 1320. The topological polar surface area (TPSA) is 83.4 Å². The first-order valence-electron chi connectivity index (χ1n) is 9.38. The van der Waals surface area contributed by atoms with Gasteiger partial charge in [-0.25, -0.2) is 4.98 Å². The monoisotopic (exact) mass is 447 g/mol. The number of hydrogen-bond acceptors (Lipinski definition) is 6. The summed E-state index contributed by atoms with van der Waals surface area (Å²) in [5.41, 5.74) is 1.52. The molecule has 1 saturated heterocycles. The van der Waals surface area contributed by atoms with Gasteiger partial charge in [-0.05, 0) is 48.5 Å². The highest BCUT2D eigenvalue weighted by molar-refractivity contribution is 7.22. The van der Waals surface area contributed by atoms with Crippen LogP contribution in [0.4, 0.5) is 5.13 Å². The number of fused-ring (bicyclic) bond motifs is 1. The minimum atomic E-state index is -0.905. The van der Waals surface area contributed by atoms with Crippen LogP contribution in [0.15, 0.2) is 78.5 Å². The first-order valence-corrected chi connectivity index (χ1v) is 10.6. The maximum absolute atomic E-state index is 13.1. The number of hydrogen-bond donors (Lipinski definition) is 1. The molecule has 1 fully saturated rings. The quantitative estimate of drug-likeness (QED) is 0.272. The van der Waals surface area contributed by atoms with Gasteiger partial charge in [0.1, 0.15) is 11.8 Å². The van der Waals surface area contributed by atoms with E-state index in [-0.39, 0.29) is 11.3 Å². The number of carbonyl (C=O) groups excluding carboxylic acids is 2. The van der Waals surface area contributed by atoms with E-state index < -0.39 is 17.7 Å². The summed E-state index contributed by atoms with van der Waals surface area (Å²) in [7, 11) is 0. The van der Waals surface area contributed by atoms with E-state index in [1.54, 1.807) is 48.7 Å². The zero-order chi connectivity index (χ0) is 21.5. The van der Waals surface area contributed by atoms with Crippen molar-refractivity contribution >= 4 is 55.7 Å². The Morgan fingerprint density at radius 2 is 1.74 bits per heavy atom. The fourth-order valence-corrected chi connectivity index (χ4v) is 4.69. The van der Waals surface area contributed by atoms with E-state index in [1.807, 2.05) is 24.3 Å². The second-order valence-electron chi connectivity index (χ2n) is 6.89. The van der Waals surface area contributed by atoms with Gasteiger partial charge < -0.3 is 5.11 Å². The predicted molar refractivity (Wildman–Crippen MR) is 120 cm³/mol. The molecule has 1 aliphatic heterocycles. The number of Topliss-reactive ketones (excluding diaryl/α,β-unsaturated/α-hetero) is 1. The standard InChI is InChI=1S/C23H14ClN3O3S/c24-14-10-8-13(9-11-14)20(28)18-19(16-6-3-4-12-25-16)27(22(30)21(18)29)23-26-15-5-1-2-7-17(15)31-23/h1-12,19,28H/b20-18+. The molecular formula is C23H14ClN3O3S. The number of benzene rings is 2. The van der Waals surface area contributed by atoms with E-state index in [0.29, 0.717) is 21.4 Å². The first kappa shape index (κ1) is 19.4. The van der Waals surface area contributed by atoms with Crippen molar-refractivity contribution in [2.45, 2.75) is 6.04 Å². The number of halogens is 1. The van der Waals surface area contributed by atoms with Crippen LogP contribution in [-0.4, -0.2) is 26.8 Å². The first-order chi connectivity index (χ1) is 15.0. The summed E-state index contributed by atoms with van der Waals surface area (Å²) in [6, 6.07) is 18.2. The number of amides is 1. The molecule has 6 nitrogen and oxygen atoms in total. The number of aliphatic hydroxyl groups is 1. The van der Waals surface area contributed by atoms with Gasteiger partial charge in [-0.1, -0.05) is 41.1 Å². The summed E-state index contributed by atoms with van der Waals surface area (Å²) in [6.07, 6.45) is 1.58. The zero-order valence-electron chi connectivity index (χ0n) is 15.9. The third kappa shape index (κ3) is 3.28. The molecule has 2 aromatic heterocycles. The Morgan fingerprint density at radius 3 is 2.45 bits per heavy atom. The third-order valence-electron chi connectivity index (χ3n) is 5.02. The van der Waals surface area contributed by atoms with Gasteiger partial charge in [0.05, 0.1) is 21.5 Å². The summed E-state index contributed by atoms with van der Waals surface area (Å²) in [5, 5.41) is 11.9. The van der Waals surface area contributed by atoms with Crippen LogP contribution in [0.5, 0.6) is 0 Å². The summed E-state index contributed by atoms with van der Waals surface area (Å²) in [6.45, 7) is 0. The van der Waals surface area contributed by atoms with Crippen molar-refractivity contribution in [3.05, 3.63) is 94.8 Å². The second kappa shape index (κ2) is 7.61. The molecule has 0 saturated carbocycles. The number of thiazole rings is 1. The maximum Gasteiger partial charge on any atom is 0.301 e. The van der Waals surface area contributed by atoms with E-state index in [1.165, 1.54) is 16.2 Å². The summed E-state index contributed by atoms with van der Waals surface area (Å²) in [5.74, 6) is -1.83. The molecule has 3 heterocycles. The lowest BCUT2D eigenvalue weighted by Crippen LogP contribution is -2.29. The van der Waals surface area contributed by atoms with Gasteiger partial charge in [0.25, 0.3) is 5.78 Å². The average molecular weight is 448 g/mol. The molecule has 1 atom stereocenters. The van der Waals surface area contributed by atoms with E-state index >= 15 is 0 Å². The molecule has 8 heteroatoms. The number of nitrogens with zero attached hydrogens (tertiary/aromatic N) is 3. The lowest BCUT2D eigenvalue weighted by Gasteiger charge is -2.21. The van der Waals surface area contributed by atoms with Crippen LogP contribution in [0, 0.1) is 0 Å². The van der Waals surface area contributed by atoms with Gasteiger partial charge in [0.2, 0.25) is 0 Å². The molecule has 0 radical (unpaired) electrons. The molecule has 1 N–H and O–H groups in total. The molecule has 4 aromatic rings. The Morgan fingerprint density at radius 1 is 1.00 bits per heavy atom. The van der Waals surface area contributed by atoms with Crippen LogP contribution in [0.25, 0.3) is 16.0 Å². The Hall–Kier alpha value is -3.55. The molecule has 1 amide bonds. The van der Waals surface area contributed by atoms with Crippen LogP contribution in [0.1, 0.15) is 17.3 Å². The molecule has 31 heavy (non-hydrogen) atoms. The number of pyridine rings is 1. The molecule has 2 aromatic carbocycles. The number of aromatic nitrogens is 2. The molecule has 1 unspecified atom stereocenters. The third-order valence-corrected chi connectivity index (χ3v) is 6.31. The maximum atomic E-state index is 13.1. The highest BCUT2D eigenvalue weighted by Gasteiger charge is 2.48. The smallest absolute Gasteiger partial charge is 0.301 e. The Balaban J connectivity index is 1.73. The molecule has 0 bridgehead atoms. The highest BCUT2D eigenvalue weighted by atomic mass is 35.5. The zero-order valence-corrected chi connectivity index (χ0v) is 17.5. The van der Waals surface area contributed by atoms with E-state index in [4.69, 9.17) is 11.6 Å². The number of ketones is 1. The Kier molecular flexibility index (Phi) is 4.77. The summed E-state index contributed by atoms with van der Waals surface area (Å²) >= 11 is 7.25. The van der Waals surface area contributed by atoms with Gasteiger partial charge in [0, 0.05) is 16.8 Å². The molecule has 152 valence electrons. The number of carbonyl (C=O) groups is 2. The van der Waals surface area contributed by atoms with Crippen molar-refractivity contribution in [1.82, 2.24) is 9.97 Å². The number of rotatable bonds is 3. The normalized spacial score (nSPS) is 18.1. The van der Waals surface area contributed by atoms with Crippen LogP contribution in [-0.2, 0) is 9.59 Å². The van der Waals surface area contributed by atoms with E-state index in [9.17, 15) is 14.7 Å². The van der Waals surface area contributed by atoms with Crippen molar-refractivity contribution in [3.8, 4) is 0 Å². The fraction of sp³-hybridized carbons (Fsp3) is 0.0435. The molecule has 0 aliphatic carbocycles. The van der Waals surface area contributed by atoms with Crippen molar-refractivity contribution in [2.24, 2.45) is 0 Å². The van der Waals surface area contributed by atoms with Crippen LogP contribution >= 0.6 is 22.9 Å². The Labute approximate surface area is 186 Å². The molecule has 5 rings (SSSR count). The molecular weight excluding hydrogens is 434 g/mol. The van der Waals surface area contributed by atoms with Gasteiger partial charge in [-0.15, -0.1) is 0 Å². The van der Waals surface area contributed by atoms with Gasteiger partial charge in [-0.3, -0.25) is 19.5 Å². The van der Waals surface area contributed by atoms with E-state index in [2.05, 4.69) is 9.97 Å². The molecule has 1 aliphatic rings. The second-order valence-corrected chi connectivity index (χ2v) is 8.34. The summed E-state index contributed by atoms with van der Waals surface area (Å²) < 4.78 is 0.886. The van der Waals surface area contributed by atoms with Crippen LogP contribution < -0.4 is 4.90 Å². The fourth-order valence-electron chi connectivity index (χ4n) is 3.57. The minimum Gasteiger partial charge on any atom is -0.507 e. The number of anilines is 1. The van der Waals surface area contributed by atoms with Gasteiger partial charge >= 0.3 is 5.91 Å². The van der Waals surface area contributed by atoms with Crippen molar-refractivity contribution in [2.75, 3.05) is 4.90 Å². The largest absolute Gasteiger partial charge is 0.507 e. The summed E-state index contributed by atoms with van der Waals surface area (Å²) in [4.78, 5) is 36.4. The van der Waals surface area contributed by atoms with Gasteiger partial charge in [0.15, 0.2) is 5.13 Å². The minimum absolute atomic E-state index is 0.0368. The van der Waals surface area contributed by atoms with Crippen molar-refractivity contribution in [1.29, 1.82) is 0 Å². The molecule has 0 spiro atoms. The van der Waals surface area contributed by atoms with Crippen LogP contribution in [0.2, 0.25) is 5.02 Å². The number of para-hydroxylation sites is 1. The van der Waals surface area contributed by atoms with Crippen molar-refractivity contribution in [3.63, 3.8) is 0 Å². The average Bonchev–Trinajstić information content (AvgIpc) is 3.33. The predicted octanol–water partition coefficient (Wildman–Crippen LogP) is 4.97. The highest BCUT2D eigenvalue weighted by Crippen LogP contribution is 2.43. The van der Waals surface area contributed by atoms with Crippen LogP contribution in [0.3, 0.4) is 0 Å². The SMILES string of the molecule is O=C1C(=O)N(c2nc3ccccc3s2)C(c2ccccn2)/C1=C(\O)c1ccc(Cl)cc1. The lowest BCUT2D eigenvalue weighted by atomic mass is 9.98. The number of aliphatic hydroxyl groups excluding tert-OH is 1.